The fourth-order valence-corrected chi connectivity index (χ4v) is 6.64. The van der Waals surface area contributed by atoms with Crippen LogP contribution in [-0.2, 0) is 17.9 Å². The molecule has 0 aliphatic carbocycles. The van der Waals surface area contributed by atoms with Crippen molar-refractivity contribution in [3.05, 3.63) is 120 Å². The van der Waals surface area contributed by atoms with Crippen molar-refractivity contribution in [1.29, 1.82) is 0 Å². The van der Waals surface area contributed by atoms with Gasteiger partial charge in [-0.25, -0.2) is 22.8 Å². The van der Waals surface area contributed by atoms with E-state index in [9.17, 15) is 4.39 Å². The van der Waals surface area contributed by atoms with E-state index in [0.29, 0.717) is 17.0 Å². The van der Waals surface area contributed by atoms with Crippen molar-refractivity contribution >= 4 is 21.8 Å². The van der Waals surface area contributed by atoms with Crippen LogP contribution >= 0.6 is 0 Å². The lowest BCUT2D eigenvalue weighted by Gasteiger charge is -2.24. The minimum Gasteiger partial charge on any atom is -0.334 e. The second-order valence-electron chi connectivity index (χ2n) is 14.2. The predicted octanol–water partition coefficient (Wildman–Crippen LogP) is 10.0. The number of fused-ring (bicyclic) bond motifs is 3. The summed E-state index contributed by atoms with van der Waals surface area (Å²) in [5.41, 5.74) is 4.74. The maximum atomic E-state index is 15.5. The van der Waals surface area contributed by atoms with Gasteiger partial charge in [-0.2, -0.15) is 5.10 Å². The van der Waals surface area contributed by atoms with E-state index >= 15 is 8.78 Å². The number of hydrogen-bond donors (Lipinski definition) is 0. The van der Waals surface area contributed by atoms with E-state index in [1.165, 1.54) is 0 Å². The molecule has 4 aromatic carbocycles. The molecule has 0 N–H and O–H groups in total. The molecular formula is C39H36F3N5. The van der Waals surface area contributed by atoms with Crippen LogP contribution in [0.2, 0.25) is 0 Å². The number of halogens is 3. The van der Waals surface area contributed by atoms with Crippen molar-refractivity contribution in [2.45, 2.75) is 52.4 Å². The maximum Gasteiger partial charge on any atom is 0.139 e. The van der Waals surface area contributed by atoms with E-state index in [1.807, 2.05) is 94.4 Å². The number of para-hydroxylation sites is 1. The zero-order valence-electron chi connectivity index (χ0n) is 27.5. The summed E-state index contributed by atoms with van der Waals surface area (Å²) in [4.78, 5) is 4.56. The quantitative estimate of drug-likeness (QED) is 0.194. The van der Waals surface area contributed by atoms with Gasteiger partial charge < -0.3 is 9.13 Å². The van der Waals surface area contributed by atoms with Crippen LogP contribution in [0.3, 0.4) is 0 Å². The molecule has 0 aliphatic heterocycles. The molecular weight excluding hydrogens is 595 g/mol. The van der Waals surface area contributed by atoms with Gasteiger partial charge in [-0.15, -0.1) is 0 Å². The van der Waals surface area contributed by atoms with Crippen LogP contribution in [0.1, 0.15) is 52.9 Å². The Balaban J connectivity index is 1.54. The Morgan fingerprint density at radius 2 is 1.36 bits per heavy atom. The summed E-state index contributed by atoms with van der Waals surface area (Å²) < 4.78 is 51.2. The molecule has 0 bridgehead atoms. The van der Waals surface area contributed by atoms with Crippen molar-refractivity contribution in [2.75, 3.05) is 0 Å². The highest BCUT2D eigenvalue weighted by molar-refractivity contribution is 6.09. The average molecular weight is 632 g/mol. The molecule has 0 saturated carbocycles. The SMILES string of the molecule is Cn1ccnc1-c1cccc(-n2c3ccccc3c3ccc(-n4nc(C(C)(C)C)c(-c5c(F)cc(F)cc5F)c4C(C)(C)C)cc32)c1. The Labute approximate surface area is 271 Å². The molecule has 0 saturated heterocycles. The number of rotatable bonds is 4. The lowest BCUT2D eigenvalue weighted by Crippen LogP contribution is -2.19. The highest BCUT2D eigenvalue weighted by Crippen LogP contribution is 2.44. The number of aromatic nitrogens is 5. The molecule has 0 fully saturated rings. The van der Waals surface area contributed by atoms with Crippen LogP contribution < -0.4 is 0 Å². The van der Waals surface area contributed by atoms with E-state index in [0.717, 1.165) is 56.7 Å². The Hall–Kier alpha value is -5.11. The highest BCUT2D eigenvalue weighted by Gasteiger charge is 2.36. The molecule has 7 rings (SSSR count). The predicted molar refractivity (Wildman–Crippen MR) is 183 cm³/mol. The van der Waals surface area contributed by atoms with E-state index in [-0.39, 0.29) is 5.56 Å². The molecule has 0 aliphatic rings. The van der Waals surface area contributed by atoms with Crippen LogP contribution in [-0.4, -0.2) is 23.9 Å². The number of imidazole rings is 1. The summed E-state index contributed by atoms with van der Waals surface area (Å²) in [6.45, 7) is 11.9. The van der Waals surface area contributed by atoms with Crippen molar-refractivity contribution in [1.82, 2.24) is 23.9 Å². The topological polar surface area (TPSA) is 40.6 Å². The highest BCUT2D eigenvalue weighted by atomic mass is 19.1. The van der Waals surface area contributed by atoms with Crippen molar-refractivity contribution in [2.24, 2.45) is 7.05 Å². The lowest BCUT2D eigenvalue weighted by molar-refractivity contribution is 0.535. The van der Waals surface area contributed by atoms with Gasteiger partial charge in [0.05, 0.1) is 33.7 Å². The van der Waals surface area contributed by atoms with E-state index < -0.39 is 28.3 Å². The summed E-state index contributed by atoms with van der Waals surface area (Å²) in [5.74, 6) is -2.01. The second-order valence-corrected chi connectivity index (χ2v) is 14.2. The minimum absolute atomic E-state index is 0.270. The minimum atomic E-state index is -0.962. The molecule has 5 nitrogen and oxygen atoms in total. The van der Waals surface area contributed by atoms with Gasteiger partial charge in [0.2, 0.25) is 0 Å². The summed E-state index contributed by atoms with van der Waals surface area (Å²) in [6.07, 6.45) is 3.71. The van der Waals surface area contributed by atoms with Crippen molar-refractivity contribution in [3.8, 4) is 33.9 Å². The number of aryl methyl sites for hydroxylation is 1. The first-order valence-corrected chi connectivity index (χ1v) is 15.6. The Bertz CT molecular complexity index is 2300. The molecule has 47 heavy (non-hydrogen) atoms. The first-order valence-electron chi connectivity index (χ1n) is 15.6. The van der Waals surface area contributed by atoms with Gasteiger partial charge in [0, 0.05) is 70.0 Å². The fourth-order valence-electron chi connectivity index (χ4n) is 6.64. The standard InChI is InChI=1S/C39H36F3N5/c1-38(2,3)35-34(33-29(41)20-24(40)21-30(33)42)36(39(4,5)6)47(44-35)26-15-16-28-27-13-8-9-14-31(27)46(32(28)22-26)25-12-10-11-23(19-25)37-43-17-18-45(37)7/h8-22H,1-7H3. The monoisotopic (exact) mass is 631 g/mol. The largest absolute Gasteiger partial charge is 0.334 e. The van der Waals surface area contributed by atoms with Crippen LogP contribution in [0.5, 0.6) is 0 Å². The Morgan fingerprint density at radius 1 is 0.660 bits per heavy atom. The smallest absolute Gasteiger partial charge is 0.139 e. The van der Waals surface area contributed by atoms with Gasteiger partial charge in [-0.3, -0.25) is 0 Å². The van der Waals surface area contributed by atoms with Crippen LogP contribution in [0, 0.1) is 17.5 Å². The molecule has 238 valence electrons. The van der Waals surface area contributed by atoms with Gasteiger partial charge in [-0.1, -0.05) is 77.9 Å². The number of hydrogen-bond acceptors (Lipinski definition) is 2. The molecule has 0 amide bonds. The molecule has 8 heteroatoms. The molecule has 0 atom stereocenters. The molecule has 3 aromatic heterocycles. The van der Waals surface area contributed by atoms with Gasteiger partial charge in [0.15, 0.2) is 0 Å². The molecule has 0 radical (unpaired) electrons. The third-order valence-electron chi connectivity index (χ3n) is 8.65. The summed E-state index contributed by atoms with van der Waals surface area (Å²) in [5, 5.41) is 7.24. The molecule has 0 unspecified atom stereocenters. The molecule has 0 spiro atoms. The zero-order chi connectivity index (χ0) is 33.4. The van der Waals surface area contributed by atoms with Gasteiger partial charge in [0.25, 0.3) is 0 Å². The number of nitrogens with zero attached hydrogens (tertiary/aromatic N) is 5. The number of benzene rings is 4. The first-order chi connectivity index (χ1) is 22.2. The van der Waals surface area contributed by atoms with Gasteiger partial charge in [0.1, 0.15) is 23.3 Å². The van der Waals surface area contributed by atoms with E-state index in [4.69, 9.17) is 5.10 Å². The Morgan fingerprint density at radius 3 is 2.02 bits per heavy atom. The average Bonchev–Trinajstić information content (AvgIpc) is 3.70. The molecule has 3 heterocycles. The maximum absolute atomic E-state index is 15.5. The summed E-state index contributed by atoms with van der Waals surface area (Å²) in [7, 11) is 1.97. The summed E-state index contributed by atoms with van der Waals surface area (Å²) >= 11 is 0. The molecule has 7 aromatic rings. The third kappa shape index (κ3) is 5.03. The summed E-state index contributed by atoms with van der Waals surface area (Å²) in [6, 6.07) is 24.2. The first kappa shape index (κ1) is 30.5. The van der Waals surface area contributed by atoms with Gasteiger partial charge >= 0.3 is 0 Å². The van der Waals surface area contributed by atoms with E-state index in [2.05, 4.69) is 45.9 Å². The fraction of sp³-hybridized carbons (Fsp3) is 0.231. The zero-order valence-corrected chi connectivity index (χ0v) is 27.5. The van der Waals surface area contributed by atoms with Crippen LogP contribution in [0.25, 0.3) is 55.7 Å². The van der Waals surface area contributed by atoms with Crippen molar-refractivity contribution in [3.63, 3.8) is 0 Å². The van der Waals surface area contributed by atoms with Crippen LogP contribution in [0.15, 0.2) is 91.3 Å². The van der Waals surface area contributed by atoms with Crippen molar-refractivity contribution < 1.29 is 13.2 Å². The second kappa shape index (κ2) is 10.7. The Kier molecular flexibility index (Phi) is 6.97. The van der Waals surface area contributed by atoms with E-state index in [1.54, 1.807) is 6.20 Å². The lowest BCUT2D eigenvalue weighted by atomic mass is 9.80. The third-order valence-corrected chi connectivity index (χ3v) is 8.65. The van der Waals surface area contributed by atoms with Gasteiger partial charge in [-0.05, 0) is 30.3 Å². The van der Waals surface area contributed by atoms with Crippen LogP contribution in [0.4, 0.5) is 13.2 Å². The normalized spacial score (nSPS) is 12.5.